The number of methoxy groups -OCH3 is 1. The van der Waals surface area contributed by atoms with Crippen LogP contribution in [0.5, 0.6) is 5.75 Å². The van der Waals surface area contributed by atoms with Crippen molar-refractivity contribution in [3.8, 4) is 17.6 Å². The van der Waals surface area contributed by atoms with Crippen LogP contribution >= 0.6 is 0 Å². The van der Waals surface area contributed by atoms with Crippen molar-refractivity contribution in [1.82, 2.24) is 0 Å². The fraction of sp³-hybridized carbons (Fsp3) is 0.400. The first-order valence-corrected chi connectivity index (χ1v) is 9.47. The summed E-state index contributed by atoms with van der Waals surface area (Å²) < 4.78 is 5.78. The van der Waals surface area contributed by atoms with E-state index in [1.807, 2.05) is 0 Å². The molecule has 0 aliphatic heterocycles. The molecule has 3 nitrogen and oxygen atoms in total. The lowest BCUT2D eigenvalue weighted by atomic mass is 9.78. The molecule has 0 bridgehead atoms. The third kappa shape index (κ3) is 5.16. The number of carbonyl (C=O) groups is 1. The fourth-order valence-corrected chi connectivity index (χ4v) is 2.99. The van der Waals surface area contributed by atoms with Crippen molar-refractivity contribution in [3.63, 3.8) is 0 Å². The largest absolute Gasteiger partial charge is 0.496 e. The van der Waals surface area contributed by atoms with Crippen LogP contribution in [-0.2, 0) is 17.3 Å². The zero-order chi connectivity index (χ0) is 21.1. The molecule has 0 atom stereocenters. The Bertz CT molecular complexity index is 912. The average molecular weight is 379 g/mol. The van der Waals surface area contributed by atoms with Gasteiger partial charge in [0.2, 0.25) is 0 Å². The monoisotopic (exact) mass is 378 g/mol. The minimum absolute atomic E-state index is 0.0289. The summed E-state index contributed by atoms with van der Waals surface area (Å²) in [4.78, 5) is 11.0. The second-order valence-electron chi connectivity index (χ2n) is 9.08. The van der Waals surface area contributed by atoms with E-state index in [0.717, 1.165) is 16.9 Å². The Morgan fingerprint density at radius 3 is 2.07 bits per heavy atom. The number of carboxylic acids is 1. The zero-order valence-corrected chi connectivity index (χ0v) is 17.9. The van der Waals surface area contributed by atoms with E-state index < -0.39 is 5.97 Å². The average Bonchev–Trinajstić information content (AvgIpc) is 2.59. The number of hydrogen-bond acceptors (Lipinski definition) is 2. The zero-order valence-electron chi connectivity index (χ0n) is 17.9. The van der Waals surface area contributed by atoms with Gasteiger partial charge in [0.25, 0.3) is 0 Å². The smallest absolute Gasteiger partial charge is 0.335 e. The summed E-state index contributed by atoms with van der Waals surface area (Å²) in [6.07, 6.45) is 0.566. The molecule has 0 radical (unpaired) electrons. The molecule has 3 heteroatoms. The van der Waals surface area contributed by atoms with Crippen LogP contribution in [0.4, 0.5) is 0 Å². The number of benzene rings is 2. The van der Waals surface area contributed by atoms with E-state index in [-0.39, 0.29) is 16.4 Å². The molecule has 0 saturated heterocycles. The number of ether oxygens (including phenoxy) is 1. The standard InChI is InChI=1S/C25H30O3/c1-24(2,3)20-15-19(22(28-7)21(16-20)25(4,5)6)10-8-9-17-11-13-18(14-12-17)23(26)27/h11-16H,10H2,1-7H3,(H,26,27). The summed E-state index contributed by atoms with van der Waals surface area (Å²) in [5.41, 5.74) is 4.58. The maximum Gasteiger partial charge on any atom is 0.335 e. The van der Waals surface area contributed by atoms with E-state index in [4.69, 9.17) is 9.84 Å². The van der Waals surface area contributed by atoms with Crippen molar-refractivity contribution in [2.75, 3.05) is 7.11 Å². The molecule has 2 aromatic rings. The van der Waals surface area contributed by atoms with E-state index in [1.54, 1.807) is 31.4 Å². The van der Waals surface area contributed by atoms with Crippen LogP contribution in [0.25, 0.3) is 0 Å². The lowest BCUT2D eigenvalue weighted by molar-refractivity contribution is 0.0697. The van der Waals surface area contributed by atoms with E-state index in [0.29, 0.717) is 6.42 Å². The summed E-state index contributed by atoms with van der Waals surface area (Å²) >= 11 is 0. The molecule has 2 aromatic carbocycles. The summed E-state index contributed by atoms with van der Waals surface area (Å²) in [5.74, 6) is 6.32. The number of aromatic carboxylic acids is 1. The van der Waals surface area contributed by atoms with Crippen LogP contribution < -0.4 is 4.74 Å². The van der Waals surface area contributed by atoms with Crippen molar-refractivity contribution >= 4 is 5.97 Å². The first-order valence-electron chi connectivity index (χ1n) is 9.47. The SMILES string of the molecule is COc1c(CC#Cc2ccc(C(=O)O)cc2)cc(C(C)(C)C)cc1C(C)(C)C. The molecular weight excluding hydrogens is 348 g/mol. The van der Waals surface area contributed by atoms with Gasteiger partial charge in [0.15, 0.2) is 0 Å². The van der Waals surface area contributed by atoms with Crippen molar-refractivity contribution in [3.05, 3.63) is 64.2 Å². The number of carboxylic acid groups (broad SMARTS) is 1. The Labute approximate surface area is 168 Å². The topological polar surface area (TPSA) is 46.5 Å². The summed E-state index contributed by atoms with van der Waals surface area (Å²) in [5, 5.41) is 8.99. The predicted octanol–water partition coefficient (Wildman–Crippen LogP) is 5.58. The van der Waals surface area contributed by atoms with E-state index in [1.165, 1.54) is 11.1 Å². The molecule has 0 saturated carbocycles. The molecule has 0 fully saturated rings. The Kier molecular flexibility index (Phi) is 6.24. The minimum atomic E-state index is -0.932. The second-order valence-corrected chi connectivity index (χ2v) is 9.08. The van der Waals surface area contributed by atoms with Crippen LogP contribution in [-0.4, -0.2) is 18.2 Å². The summed E-state index contributed by atoms with van der Waals surface area (Å²) in [6.45, 7) is 13.2. The lowest BCUT2D eigenvalue weighted by Gasteiger charge is -2.28. The van der Waals surface area contributed by atoms with Gasteiger partial charge in [-0.25, -0.2) is 4.79 Å². The summed E-state index contributed by atoms with van der Waals surface area (Å²) in [6, 6.07) is 11.1. The Balaban J connectivity index is 2.43. The van der Waals surface area contributed by atoms with Crippen LogP contribution in [0.15, 0.2) is 36.4 Å². The summed E-state index contributed by atoms with van der Waals surface area (Å²) in [7, 11) is 1.71. The van der Waals surface area contributed by atoms with E-state index >= 15 is 0 Å². The molecule has 0 aliphatic rings. The van der Waals surface area contributed by atoms with Gasteiger partial charge in [-0.3, -0.25) is 0 Å². The van der Waals surface area contributed by atoms with Gasteiger partial charge in [-0.2, -0.15) is 0 Å². The molecule has 0 heterocycles. The van der Waals surface area contributed by atoms with Gasteiger partial charge >= 0.3 is 5.97 Å². The molecule has 0 amide bonds. The van der Waals surface area contributed by atoms with E-state index in [2.05, 4.69) is 65.5 Å². The molecule has 0 aromatic heterocycles. The Morgan fingerprint density at radius 2 is 1.61 bits per heavy atom. The Morgan fingerprint density at radius 1 is 1.00 bits per heavy atom. The minimum Gasteiger partial charge on any atom is -0.496 e. The van der Waals surface area contributed by atoms with Gasteiger partial charge < -0.3 is 9.84 Å². The van der Waals surface area contributed by atoms with Crippen molar-refractivity contribution in [1.29, 1.82) is 0 Å². The van der Waals surface area contributed by atoms with E-state index in [9.17, 15) is 4.79 Å². The van der Waals surface area contributed by atoms with Crippen LogP contribution in [0.1, 0.15) is 74.2 Å². The number of hydrogen-bond donors (Lipinski definition) is 1. The van der Waals surface area contributed by atoms with Gasteiger partial charge in [0, 0.05) is 23.1 Å². The predicted molar refractivity (Wildman–Crippen MR) is 114 cm³/mol. The number of rotatable bonds is 3. The highest BCUT2D eigenvalue weighted by Gasteiger charge is 2.25. The lowest BCUT2D eigenvalue weighted by Crippen LogP contribution is -2.18. The molecular formula is C25H30O3. The third-order valence-corrected chi connectivity index (χ3v) is 4.69. The fourth-order valence-electron chi connectivity index (χ4n) is 2.99. The molecule has 2 rings (SSSR count). The van der Waals surface area contributed by atoms with Gasteiger partial charge in [-0.1, -0.05) is 65.5 Å². The van der Waals surface area contributed by atoms with Crippen molar-refractivity contribution < 1.29 is 14.6 Å². The van der Waals surface area contributed by atoms with Gasteiger partial charge in [-0.05, 0) is 40.7 Å². The van der Waals surface area contributed by atoms with Crippen molar-refractivity contribution in [2.24, 2.45) is 0 Å². The molecule has 0 aliphatic carbocycles. The van der Waals surface area contributed by atoms with Gasteiger partial charge in [-0.15, -0.1) is 0 Å². The van der Waals surface area contributed by atoms with Crippen LogP contribution in [0.2, 0.25) is 0 Å². The maximum atomic E-state index is 11.0. The molecule has 1 N–H and O–H groups in total. The highest BCUT2D eigenvalue weighted by molar-refractivity contribution is 5.87. The first kappa shape index (κ1) is 21.6. The van der Waals surface area contributed by atoms with Gasteiger partial charge in [0.1, 0.15) is 5.75 Å². The molecule has 148 valence electrons. The highest BCUT2D eigenvalue weighted by Crippen LogP contribution is 2.38. The molecule has 28 heavy (non-hydrogen) atoms. The quantitative estimate of drug-likeness (QED) is 0.709. The Hall–Kier alpha value is -2.73. The molecule has 0 spiro atoms. The van der Waals surface area contributed by atoms with Gasteiger partial charge in [0.05, 0.1) is 12.7 Å². The third-order valence-electron chi connectivity index (χ3n) is 4.69. The van der Waals surface area contributed by atoms with Crippen LogP contribution in [0, 0.1) is 11.8 Å². The highest BCUT2D eigenvalue weighted by atomic mass is 16.5. The first-order chi connectivity index (χ1) is 12.9. The maximum absolute atomic E-state index is 11.0. The normalized spacial score (nSPS) is 11.5. The molecule has 0 unspecified atom stereocenters. The van der Waals surface area contributed by atoms with Crippen LogP contribution in [0.3, 0.4) is 0 Å². The van der Waals surface area contributed by atoms with Crippen molar-refractivity contribution in [2.45, 2.75) is 58.8 Å². The second kappa shape index (κ2) is 8.10.